The predicted octanol–water partition coefficient (Wildman–Crippen LogP) is 3.59. The average molecular weight is 534 g/mol. The van der Waals surface area contributed by atoms with Gasteiger partial charge in [-0.2, -0.15) is 18.3 Å². The molecule has 0 unspecified atom stereocenters. The number of aromatic nitrogens is 2. The molecule has 9 nitrogen and oxygen atoms in total. The second-order valence-corrected chi connectivity index (χ2v) is 9.43. The topological polar surface area (TPSA) is 167 Å². The van der Waals surface area contributed by atoms with E-state index in [0.717, 1.165) is 16.3 Å². The second-order valence-electron chi connectivity index (χ2n) is 7.87. The zero-order chi connectivity index (χ0) is 27.5. The van der Waals surface area contributed by atoms with Crippen molar-refractivity contribution in [3.05, 3.63) is 89.6 Å². The highest BCUT2D eigenvalue weighted by Gasteiger charge is 2.35. The van der Waals surface area contributed by atoms with Crippen molar-refractivity contribution in [1.29, 1.82) is 0 Å². The van der Waals surface area contributed by atoms with Crippen LogP contribution in [0.2, 0.25) is 0 Å². The van der Waals surface area contributed by atoms with Crippen LogP contribution >= 0.6 is 0 Å². The first-order valence-corrected chi connectivity index (χ1v) is 12.0. The first-order chi connectivity index (χ1) is 17.2. The number of hydrogen-bond donors (Lipinski definition) is 4. The van der Waals surface area contributed by atoms with Gasteiger partial charge in [0, 0.05) is 17.3 Å². The number of phenols is 1. The van der Waals surface area contributed by atoms with Crippen LogP contribution in [0.3, 0.4) is 0 Å². The molecule has 4 aromatic rings. The number of primary sulfonamides is 1. The fourth-order valence-electron chi connectivity index (χ4n) is 3.18. The van der Waals surface area contributed by atoms with Gasteiger partial charge in [0.1, 0.15) is 5.75 Å². The van der Waals surface area contributed by atoms with E-state index in [1.54, 1.807) is 24.3 Å². The molecule has 0 bridgehead atoms. The molecule has 0 spiro atoms. The second kappa shape index (κ2) is 10.3. The molecule has 0 aliphatic carbocycles. The van der Waals surface area contributed by atoms with Crippen LogP contribution in [0.1, 0.15) is 21.6 Å². The summed E-state index contributed by atoms with van der Waals surface area (Å²) in [5, 5.41) is 17.8. The van der Waals surface area contributed by atoms with E-state index in [1.807, 2.05) is 6.92 Å². The minimum atomic E-state index is -4.61. The van der Waals surface area contributed by atoms with Crippen molar-refractivity contribution < 1.29 is 31.5 Å². The van der Waals surface area contributed by atoms with Gasteiger partial charge in [0.2, 0.25) is 10.0 Å². The van der Waals surface area contributed by atoms with Crippen molar-refractivity contribution in [1.82, 2.24) is 9.78 Å². The van der Waals surface area contributed by atoms with E-state index in [4.69, 9.17) is 21.7 Å². The number of nitrogens with zero attached hydrogens (tertiary/aromatic N) is 2. The molecule has 0 saturated carbocycles. The molecule has 0 aliphatic heterocycles. The average Bonchev–Trinajstić information content (AvgIpc) is 3.25. The maximum absolute atomic E-state index is 13.1. The number of anilines is 1. The fourth-order valence-corrected chi connectivity index (χ4v) is 3.70. The highest BCUT2D eigenvalue weighted by molar-refractivity contribution is 7.89. The minimum absolute atomic E-state index is 0.0826. The Bertz CT molecular complexity index is 1530. The summed E-state index contributed by atoms with van der Waals surface area (Å²) in [6.07, 6.45) is -4.61. The Morgan fingerprint density at radius 1 is 0.973 bits per heavy atom. The first kappa shape index (κ1) is 27.2. The van der Waals surface area contributed by atoms with E-state index in [2.05, 4.69) is 5.10 Å². The lowest BCUT2D eigenvalue weighted by atomic mass is 10.1. The molecule has 3 aromatic carbocycles. The normalized spacial score (nSPS) is 11.5. The number of carbonyl (C=O) groups is 1. The third kappa shape index (κ3) is 6.65. The first-order valence-electron chi connectivity index (χ1n) is 10.4. The van der Waals surface area contributed by atoms with Crippen molar-refractivity contribution in [3.63, 3.8) is 0 Å². The molecular weight excluding hydrogens is 511 g/mol. The van der Waals surface area contributed by atoms with Gasteiger partial charge in [0.15, 0.2) is 5.69 Å². The predicted molar refractivity (Wildman–Crippen MR) is 131 cm³/mol. The third-order valence-electron chi connectivity index (χ3n) is 5.04. The Balaban J connectivity index is 0.000000289. The number of carbonyl (C=O) groups excluding carboxylic acids is 1. The smallest absolute Gasteiger partial charge is 0.435 e. The number of sulfonamides is 1. The standard InChI is InChI=1S/C17H14F3N3O2S.C7H8N2O2/c1-11-2-4-12(5-3-11)15-10-16(17(18,19)20)22-23(15)13-6-8-14(9-7-13)26(21,24)25;8-4-1-2-5(7(9)11)6(10)3-4/h2-10H,1H3,(H2,21,24,25);1-3,10H,8H2,(H2,9,11). The molecule has 4 rings (SSSR count). The van der Waals surface area contributed by atoms with Gasteiger partial charge >= 0.3 is 6.18 Å². The quantitative estimate of drug-likeness (QED) is 0.292. The van der Waals surface area contributed by atoms with Crippen LogP contribution in [0, 0.1) is 6.92 Å². The third-order valence-corrected chi connectivity index (χ3v) is 5.97. The van der Waals surface area contributed by atoms with Gasteiger partial charge in [0.25, 0.3) is 5.91 Å². The largest absolute Gasteiger partial charge is 0.507 e. The maximum atomic E-state index is 13.1. The number of primary amides is 1. The van der Waals surface area contributed by atoms with Gasteiger partial charge in [-0.15, -0.1) is 0 Å². The zero-order valence-corrected chi connectivity index (χ0v) is 20.1. The minimum Gasteiger partial charge on any atom is -0.507 e. The SMILES string of the molecule is Cc1ccc(-c2cc(C(F)(F)F)nn2-c2ccc(S(N)(=O)=O)cc2)cc1.NC(=O)c1ccc(N)cc1O. The molecule has 0 aliphatic rings. The Hall–Kier alpha value is -4.36. The van der Waals surface area contributed by atoms with Gasteiger partial charge < -0.3 is 16.6 Å². The molecule has 0 atom stereocenters. The molecule has 1 heterocycles. The molecular formula is C24H22F3N5O4S. The molecule has 0 radical (unpaired) electrons. The number of nitrogens with two attached hydrogens (primary N) is 3. The van der Waals surface area contributed by atoms with Gasteiger partial charge in [-0.25, -0.2) is 18.2 Å². The molecule has 194 valence electrons. The number of aromatic hydroxyl groups is 1. The maximum Gasteiger partial charge on any atom is 0.435 e. The van der Waals surface area contributed by atoms with Crippen LogP contribution in [-0.4, -0.2) is 29.2 Å². The summed E-state index contributed by atoms with van der Waals surface area (Å²) in [4.78, 5) is 10.4. The highest BCUT2D eigenvalue weighted by atomic mass is 32.2. The van der Waals surface area contributed by atoms with E-state index in [1.165, 1.54) is 42.5 Å². The van der Waals surface area contributed by atoms with Crippen LogP contribution in [0.4, 0.5) is 18.9 Å². The lowest BCUT2D eigenvalue weighted by Crippen LogP contribution is -2.12. The summed E-state index contributed by atoms with van der Waals surface area (Å²) >= 11 is 0. The van der Waals surface area contributed by atoms with E-state index in [0.29, 0.717) is 11.3 Å². The monoisotopic (exact) mass is 533 g/mol. The molecule has 0 fully saturated rings. The summed E-state index contributed by atoms with van der Waals surface area (Å²) in [5.41, 5.74) is 11.7. The van der Waals surface area contributed by atoms with Crippen molar-refractivity contribution in [3.8, 4) is 22.7 Å². The van der Waals surface area contributed by atoms with E-state index < -0.39 is 27.8 Å². The van der Waals surface area contributed by atoms with Gasteiger partial charge in [0.05, 0.1) is 21.8 Å². The van der Waals surface area contributed by atoms with Gasteiger partial charge in [-0.05, 0) is 49.4 Å². The molecule has 13 heteroatoms. The molecule has 37 heavy (non-hydrogen) atoms. The van der Waals surface area contributed by atoms with Crippen molar-refractivity contribution in [2.75, 3.05) is 5.73 Å². The lowest BCUT2D eigenvalue weighted by molar-refractivity contribution is -0.141. The number of hydrogen-bond acceptors (Lipinski definition) is 6. The number of rotatable bonds is 4. The highest BCUT2D eigenvalue weighted by Crippen LogP contribution is 2.33. The lowest BCUT2D eigenvalue weighted by Gasteiger charge is -2.09. The number of halogens is 3. The van der Waals surface area contributed by atoms with Crippen molar-refractivity contribution >= 4 is 21.6 Å². The van der Waals surface area contributed by atoms with E-state index in [9.17, 15) is 26.4 Å². The number of nitrogen functional groups attached to an aromatic ring is 1. The van der Waals surface area contributed by atoms with Gasteiger partial charge in [-0.3, -0.25) is 4.79 Å². The Morgan fingerprint density at radius 3 is 2.05 bits per heavy atom. The van der Waals surface area contributed by atoms with Crippen LogP contribution < -0.4 is 16.6 Å². The summed E-state index contributed by atoms with van der Waals surface area (Å²) < 4.78 is 63.2. The Labute approximate surface area is 210 Å². The summed E-state index contributed by atoms with van der Waals surface area (Å²) in [6, 6.07) is 17.2. The molecule has 0 saturated heterocycles. The number of benzene rings is 3. The van der Waals surface area contributed by atoms with E-state index >= 15 is 0 Å². The Kier molecular flexibility index (Phi) is 7.60. The van der Waals surface area contributed by atoms with Crippen LogP contribution in [0.15, 0.2) is 77.7 Å². The van der Waals surface area contributed by atoms with Crippen molar-refractivity contribution in [2.24, 2.45) is 10.9 Å². The molecule has 7 N–H and O–H groups in total. The van der Waals surface area contributed by atoms with Gasteiger partial charge in [-0.1, -0.05) is 29.8 Å². The van der Waals surface area contributed by atoms with E-state index in [-0.39, 0.29) is 27.6 Å². The summed E-state index contributed by atoms with van der Waals surface area (Å²) in [7, 11) is -3.90. The van der Waals surface area contributed by atoms with Crippen molar-refractivity contribution in [2.45, 2.75) is 18.0 Å². The van der Waals surface area contributed by atoms with Crippen LogP contribution in [0.25, 0.3) is 16.9 Å². The Morgan fingerprint density at radius 2 is 1.57 bits per heavy atom. The number of amides is 1. The number of aryl methyl sites for hydroxylation is 1. The number of alkyl halides is 3. The van der Waals surface area contributed by atoms with Crippen LogP contribution in [-0.2, 0) is 16.2 Å². The molecule has 1 aromatic heterocycles. The molecule has 1 amide bonds. The van der Waals surface area contributed by atoms with Crippen LogP contribution in [0.5, 0.6) is 5.75 Å². The summed E-state index contributed by atoms with van der Waals surface area (Å²) in [6.45, 7) is 1.87. The fraction of sp³-hybridized carbons (Fsp3) is 0.0833. The zero-order valence-electron chi connectivity index (χ0n) is 19.3. The summed E-state index contributed by atoms with van der Waals surface area (Å²) in [5.74, 6) is -0.847.